The third kappa shape index (κ3) is 4.97. The number of rotatable bonds is 8. The molecular formula is C24H22N2O7S2. The summed E-state index contributed by atoms with van der Waals surface area (Å²) in [6, 6.07) is 21.2. The predicted octanol–water partition coefficient (Wildman–Crippen LogP) is 2.32. The van der Waals surface area contributed by atoms with Crippen LogP contribution in [0.25, 0.3) is 0 Å². The number of hydrogen-bond acceptors (Lipinski definition) is 6. The number of nitrogens with zero attached hydrogens (tertiary/aromatic N) is 2. The maximum Gasteiger partial charge on any atom is 0.337 e. The summed E-state index contributed by atoms with van der Waals surface area (Å²) in [5, 5.41) is 9.39. The number of aromatic carboxylic acids is 1. The van der Waals surface area contributed by atoms with Gasteiger partial charge in [-0.25, -0.2) is 17.5 Å². The zero-order chi connectivity index (χ0) is 25.2. The second kappa shape index (κ2) is 9.61. The standard InChI is InChI=1S/C24H22N2O7S2/c27-23-21(15-18-9-3-1-4-10-18)25(16-19-11-5-2-6-12-19)35(32,33)26(23)17-34(30,31)22-14-8-7-13-20(22)24(28)29/h1-14,21H,15-17H2,(H,28,29). The molecule has 1 unspecified atom stereocenters. The number of benzene rings is 3. The van der Waals surface area contributed by atoms with Gasteiger partial charge in [0.2, 0.25) is 0 Å². The molecule has 1 aliphatic heterocycles. The van der Waals surface area contributed by atoms with Crippen LogP contribution < -0.4 is 0 Å². The summed E-state index contributed by atoms with van der Waals surface area (Å²) in [6.45, 7) is -0.130. The molecule has 182 valence electrons. The summed E-state index contributed by atoms with van der Waals surface area (Å²) in [5.41, 5.74) is 0.835. The van der Waals surface area contributed by atoms with E-state index in [4.69, 9.17) is 0 Å². The van der Waals surface area contributed by atoms with Crippen molar-refractivity contribution in [3.63, 3.8) is 0 Å². The molecule has 3 aromatic rings. The number of carbonyl (C=O) groups excluding carboxylic acids is 1. The van der Waals surface area contributed by atoms with Crippen LogP contribution in [-0.4, -0.2) is 54.3 Å². The Morgan fingerprint density at radius 3 is 2.00 bits per heavy atom. The van der Waals surface area contributed by atoms with Crippen molar-refractivity contribution in [3.8, 4) is 0 Å². The van der Waals surface area contributed by atoms with E-state index in [1.54, 1.807) is 60.7 Å². The third-order valence-electron chi connectivity index (χ3n) is 5.65. The van der Waals surface area contributed by atoms with Crippen LogP contribution >= 0.6 is 0 Å². The number of carboxylic acid groups (broad SMARTS) is 1. The van der Waals surface area contributed by atoms with Gasteiger partial charge >= 0.3 is 16.2 Å². The largest absolute Gasteiger partial charge is 0.478 e. The van der Waals surface area contributed by atoms with Gasteiger partial charge in [0.05, 0.1) is 10.5 Å². The van der Waals surface area contributed by atoms with Gasteiger partial charge in [-0.05, 0) is 29.7 Å². The van der Waals surface area contributed by atoms with Crippen LogP contribution in [-0.2, 0) is 37.8 Å². The molecule has 9 nitrogen and oxygen atoms in total. The lowest BCUT2D eigenvalue weighted by molar-refractivity contribution is -0.127. The minimum atomic E-state index is -4.53. The zero-order valence-corrected chi connectivity index (χ0v) is 20.0. The van der Waals surface area contributed by atoms with Gasteiger partial charge in [0.1, 0.15) is 11.9 Å². The van der Waals surface area contributed by atoms with E-state index < -0.39 is 54.3 Å². The highest BCUT2D eigenvalue weighted by molar-refractivity contribution is 7.93. The first-order valence-corrected chi connectivity index (χ1v) is 13.6. The van der Waals surface area contributed by atoms with E-state index in [0.717, 1.165) is 16.4 Å². The van der Waals surface area contributed by atoms with Crippen LogP contribution in [0, 0.1) is 0 Å². The lowest BCUT2D eigenvalue weighted by Gasteiger charge is -2.21. The Morgan fingerprint density at radius 1 is 0.857 bits per heavy atom. The molecule has 3 aromatic carbocycles. The Bertz CT molecular complexity index is 1460. The summed E-state index contributed by atoms with van der Waals surface area (Å²) < 4.78 is 54.6. The lowest BCUT2D eigenvalue weighted by Crippen LogP contribution is -2.38. The first-order chi connectivity index (χ1) is 16.6. The molecule has 1 atom stereocenters. The van der Waals surface area contributed by atoms with Crippen molar-refractivity contribution < 1.29 is 31.5 Å². The smallest absolute Gasteiger partial charge is 0.337 e. The van der Waals surface area contributed by atoms with Crippen molar-refractivity contribution in [2.75, 3.05) is 5.88 Å². The quantitative estimate of drug-likeness (QED) is 0.488. The van der Waals surface area contributed by atoms with Crippen LogP contribution in [0.15, 0.2) is 89.8 Å². The van der Waals surface area contributed by atoms with E-state index in [9.17, 15) is 31.5 Å². The summed E-state index contributed by atoms with van der Waals surface area (Å²) >= 11 is 0. The monoisotopic (exact) mass is 514 g/mol. The van der Waals surface area contributed by atoms with E-state index >= 15 is 0 Å². The Balaban J connectivity index is 1.73. The average molecular weight is 515 g/mol. The van der Waals surface area contributed by atoms with Gasteiger partial charge in [-0.2, -0.15) is 12.7 Å². The first kappa shape index (κ1) is 24.6. The molecule has 0 saturated carbocycles. The van der Waals surface area contributed by atoms with Gasteiger partial charge < -0.3 is 5.11 Å². The van der Waals surface area contributed by atoms with E-state index in [1.165, 1.54) is 12.1 Å². The number of amides is 1. The molecule has 1 N–H and O–H groups in total. The minimum absolute atomic E-state index is 0.0496. The average Bonchev–Trinajstić information content (AvgIpc) is 3.00. The highest BCUT2D eigenvalue weighted by atomic mass is 32.2. The van der Waals surface area contributed by atoms with Crippen LogP contribution in [0.4, 0.5) is 0 Å². The topological polar surface area (TPSA) is 129 Å². The summed E-state index contributed by atoms with van der Waals surface area (Å²) in [5.74, 6) is -3.57. The Labute approximate surface area is 203 Å². The second-order valence-electron chi connectivity index (χ2n) is 7.98. The number of hydrogen-bond donors (Lipinski definition) is 1. The van der Waals surface area contributed by atoms with Crippen LogP contribution in [0.2, 0.25) is 0 Å². The van der Waals surface area contributed by atoms with Gasteiger partial charge in [-0.15, -0.1) is 0 Å². The minimum Gasteiger partial charge on any atom is -0.478 e. The van der Waals surface area contributed by atoms with Crippen LogP contribution in [0.5, 0.6) is 0 Å². The molecule has 35 heavy (non-hydrogen) atoms. The van der Waals surface area contributed by atoms with Gasteiger partial charge in [-0.3, -0.25) is 4.79 Å². The zero-order valence-electron chi connectivity index (χ0n) is 18.4. The van der Waals surface area contributed by atoms with Crippen molar-refractivity contribution in [2.24, 2.45) is 0 Å². The second-order valence-corrected chi connectivity index (χ2v) is 11.7. The fourth-order valence-corrected chi connectivity index (χ4v) is 7.64. The SMILES string of the molecule is O=C(O)c1ccccc1S(=O)(=O)CN1C(=O)C(Cc2ccccc2)N(Cc2ccccc2)S1(=O)=O. The summed E-state index contributed by atoms with van der Waals surface area (Å²) in [6.07, 6.45) is 0.0496. The van der Waals surface area contributed by atoms with Crippen molar-refractivity contribution in [1.82, 2.24) is 8.61 Å². The van der Waals surface area contributed by atoms with Gasteiger partial charge in [-0.1, -0.05) is 72.8 Å². The van der Waals surface area contributed by atoms with E-state index in [0.29, 0.717) is 15.4 Å². The molecule has 0 spiro atoms. The number of carbonyl (C=O) groups is 2. The Kier molecular flexibility index (Phi) is 6.75. The molecule has 1 amide bonds. The maximum atomic E-state index is 13.5. The van der Waals surface area contributed by atoms with Crippen molar-refractivity contribution in [2.45, 2.75) is 23.9 Å². The molecule has 1 aliphatic rings. The van der Waals surface area contributed by atoms with E-state index in [2.05, 4.69) is 0 Å². The first-order valence-electron chi connectivity index (χ1n) is 10.6. The Hall–Kier alpha value is -3.54. The Morgan fingerprint density at radius 2 is 1.40 bits per heavy atom. The van der Waals surface area contributed by atoms with Crippen molar-refractivity contribution >= 4 is 31.9 Å². The van der Waals surface area contributed by atoms with Crippen molar-refractivity contribution in [3.05, 3.63) is 102 Å². The molecular weight excluding hydrogens is 492 g/mol. The highest BCUT2D eigenvalue weighted by Crippen LogP contribution is 2.30. The molecule has 0 aliphatic carbocycles. The molecule has 0 bridgehead atoms. The fraction of sp³-hybridized carbons (Fsp3) is 0.167. The van der Waals surface area contributed by atoms with Crippen molar-refractivity contribution in [1.29, 1.82) is 0 Å². The third-order valence-corrected chi connectivity index (χ3v) is 9.28. The normalized spacial score (nSPS) is 18.0. The van der Waals surface area contributed by atoms with Crippen LogP contribution in [0.3, 0.4) is 0 Å². The fourth-order valence-electron chi connectivity index (χ4n) is 3.94. The van der Waals surface area contributed by atoms with E-state index in [1.807, 2.05) is 0 Å². The molecule has 0 radical (unpaired) electrons. The predicted molar refractivity (Wildman–Crippen MR) is 127 cm³/mol. The lowest BCUT2D eigenvalue weighted by atomic mass is 10.0. The van der Waals surface area contributed by atoms with E-state index in [-0.39, 0.29) is 13.0 Å². The van der Waals surface area contributed by atoms with Gasteiger partial charge in [0, 0.05) is 6.54 Å². The maximum absolute atomic E-state index is 13.5. The van der Waals surface area contributed by atoms with Crippen LogP contribution in [0.1, 0.15) is 21.5 Å². The molecule has 4 rings (SSSR count). The molecule has 11 heteroatoms. The molecule has 1 saturated heterocycles. The number of carboxylic acids is 1. The molecule has 1 heterocycles. The van der Waals surface area contributed by atoms with Gasteiger partial charge in [0.25, 0.3) is 5.91 Å². The van der Waals surface area contributed by atoms with Gasteiger partial charge in [0.15, 0.2) is 9.84 Å². The summed E-state index contributed by atoms with van der Waals surface area (Å²) in [7, 11) is -9.03. The highest BCUT2D eigenvalue weighted by Gasteiger charge is 2.51. The molecule has 1 fully saturated rings. The number of sulfone groups is 1. The summed E-state index contributed by atoms with van der Waals surface area (Å²) in [4.78, 5) is 24.4. The molecule has 0 aromatic heterocycles.